The summed E-state index contributed by atoms with van der Waals surface area (Å²) in [4.78, 5) is 23.5. The van der Waals surface area contributed by atoms with Crippen LogP contribution in [0.4, 0.5) is 5.69 Å². The third-order valence-corrected chi connectivity index (χ3v) is 4.29. The van der Waals surface area contributed by atoms with Gasteiger partial charge in [-0.25, -0.2) is 5.10 Å². The average molecular weight is 380 g/mol. The van der Waals surface area contributed by atoms with E-state index in [0.29, 0.717) is 5.39 Å². The highest BCUT2D eigenvalue weighted by molar-refractivity contribution is 5.94. The van der Waals surface area contributed by atoms with E-state index in [1.165, 1.54) is 6.92 Å². The molecular weight excluding hydrogens is 360 g/mol. The van der Waals surface area contributed by atoms with Crippen LogP contribution in [0.3, 0.4) is 0 Å². The van der Waals surface area contributed by atoms with Crippen LogP contribution in [-0.4, -0.2) is 68.7 Å². The molecule has 5 atom stereocenters. The first kappa shape index (κ1) is 19.0. The lowest BCUT2D eigenvalue weighted by Crippen LogP contribution is -2.65. The number of nitrogen functional groups attached to an aromatic ring is 1. The van der Waals surface area contributed by atoms with Crippen LogP contribution in [0.2, 0.25) is 0 Å². The number of aliphatic hydroxyl groups is 3. The third-order valence-electron chi connectivity index (χ3n) is 4.29. The Morgan fingerprint density at radius 1 is 1.41 bits per heavy atom. The van der Waals surface area contributed by atoms with Gasteiger partial charge in [0.2, 0.25) is 18.1 Å². The number of fused-ring (bicyclic) bond motifs is 1. The zero-order valence-electron chi connectivity index (χ0n) is 14.3. The van der Waals surface area contributed by atoms with Crippen molar-refractivity contribution in [3.63, 3.8) is 0 Å². The lowest BCUT2D eigenvalue weighted by atomic mass is 9.97. The SMILES string of the molecule is CC(=O)N[C@@H]1[C@H](Oc2n[nH]c(=O)c3c(N)cccc23)OC(CO)[C@@H](O)[C@@H]1O. The number of aromatic nitrogens is 2. The predicted octanol–water partition coefficient (Wildman–Crippen LogP) is -2.17. The van der Waals surface area contributed by atoms with Crippen molar-refractivity contribution >= 4 is 22.4 Å². The molecule has 1 aliphatic heterocycles. The fourth-order valence-corrected chi connectivity index (χ4v) is 2.99. The maximum atomic E-state index is 12.0. The zero-order valence-corrected chi connectivity index (χ0v) is 14.3. The van der Waals surface area contributed by atoms with Crippen molar-refractivity contribution in [3.05, 3.63) is 28.6 Å². The Morgan fingerprint density at radius 2 is 2.15 bits per heavy atom. The number of rotatable bonds is 4. The quantitative estimate of drug-likeness (QED) is 0.322. The summed E-state index contributed by atoms with van der Waals surface area (Å²) in [6.07, 6.45) is -5.35. The molecule has 1 aromatic carbocycles. The van der Waals surface area contributed by atoms with Crippen LogP contribution in [0.1, 0.15) is 6.92 Å². The Balaban J connectivity index is 2.00. The monoisotopic (exact) mass is 380 g/mol. The van der Waals surface area contributed by atoms with E-state index < -0.39 is 48.7 Å². The average Bonchev–Trinajstić information content (AvgIpc) is 2.63. The van der Waals surface area contributed by atoms with Gasteiger partial charge in [-0.2, -0.15) is 0 Å². The molecule has 1 aliphatic rings. The maximum absolute atomic E-state index is 12.0. The van der Waals surface area contributed by atoms with Crippen LogP contribution in [0.15, 0.2) is 23.0 Å². The number of benzene rings is 1. The Bertz CT molecular complexity index is 902. The van der Waals surface area contributed by atoms with Crippen LogP contribution in [0.5, 0.6) is 5.88 Å². The Labute approximate surface area is 152 Å². The van der Waals surface area contributed by atoms with Gasteiger partial charge in [-0.3, -0.25) is 9.59 Å². The minimum Gasteiger partial charge on any atom is -0.444 e. The molecule has 0 radical (unpaired) electrons. The van der Waals surface area contributed by atoms with E-state index in [9.17, 15) is 24.9 Å². The molecule has 1 unspecified atom stereocenters. The number of nitrogens with two attached hydrogens (primary N) is 1. The van der Waals surface area contributed by atoms with Gasteiger partial charge < -0.3 is 35.8 Å². The molecule has 1 fully saturated rings. The number of nitrogens with zero attached hydrogens (tertiary/aromatic N) is 1. The minimum atomic E-state index is -1.47. The van der Waals surface area contributed by atoms with Crippen molar-refractivity contribution in [1.29, 1.82) is 0 Å². The molecule has 146 valence electrons. The second kappa shape index (κ2) is 7.48. The van der Waals surface area contributed by atoms with Gasteiger partial charge in [0.15, 0.2) is 0 Å². The van der Waals surface area contributed by atoms with E-state index in [2.05, 4.69) is 15.5 Å². The maximum Gasteiger partial charge on any atom is 0.274 e. The molecule has 11 heteroatoms. The molecule has 7 N–H and O–H groups in total. The molecule has 1 amide bonds. The molecule has 1 aromatic heterocycles. The Kier molecular flexibility index (Phi) is 5.28. The molecule has 0 saturated carbocycles. The number of carbonyl (C=O) groups excluding carboxylic acids is 1. The molecule has 0 bridgehead atoms. The molecule has 2 heterocycles. The molecule has 27 heavy (non-hydrogen) atoms. The fourth-order valence-electron chi connectivity index (χ4n) is 2.99. The highest BCUT2D eigenvalue weighted by Crippen LogP contribution is 2.28. The molecule has 3 rings (SSSR count). The molecule has 11 nitrogen and oxygen atoms in total. The second-order valence-electron chi connectivity index (χ2n) is 6.18. The van der Waals surface area contributed by atoms with Crippen molar-refractivity contribution in [3.8, 4) is 5.88 Å². The van der Waals surface area contributed by atoms with E-state index in [4.69, 9.17) is 15.2 Å². The third kappa shape index (κ3) is 3.57. The van der Waals surface area contributed by atoms with Crippen molar-refractivity contribution in [2.75, 3.05) is 12.3 Å². The van der Waals surface area contributed by atoms with Gasteiger partial charge in [0.25, 0.3) is 5.56 Å². The summed E-state index contributed by atoms with van der Waals surface area (Å²) in [6, 6.07) is 3.56. The van der Waals surface area contributed by atoms with E-state index in [1.54, 1.807) is 18.2 Å². The van der Waals surface area contributed by atoms with Gasteiger partial charge >= 0.3 is 0 Å². The Morgan fingerprint density at radius 3 is 2.81 bits per heavy atom. The number of H-pyrrole nitrogens is 1. The largest absolute Gasteiger partial charge is 0.444 e. The van der Waals surface area contributed by atoms with Gasteiger partial charge in [-0.15, -0.1) is 5.10 Å². The highest BCUT2D eigenvalue weighted by Gasteiger charge is 2.46. The summed E-state index contributed by atoms with van der Waals surface area (Å²) in [5.74, 6) is -0.549. The molecule has 0 spiro atoms. The van der Waals surface area contributed by atoms with E-state index in [-0.39, 0.29) is 17.0 Å². The van der Waals surface area contributed by atoms with Crippen LogP contribution in [0.25, 0.3) is 10.8 Å². The molecule has 0 aliphatic carbocycles. The fraction of sp³-hybridized carbons (Fsp3) is 0.438. The minimum absolute atomic E-state index is 0.0578. The van der Waals surface area contributed by atoms with Crippen molar-refractivity contribution < 1.29 is 29.6 Å². The summed E-state index contributed by atoms with van der Waals surface area (Å²) in [7, 11) is 0. The predicted molar refractivity (Wildman–Crippen MR) is 92.8 cm³/mol. The number of aliphatic hydroxyl groups excluding tert-OH is 3. The zero-order chi connectivity index (χ0) is 19.7. The molecule has 2 aromatic rings. The number of carbonyl (C=O) groups is 1. The summed E-state index contributed by atoms with van der Waals surface area (Å²) in [5, 5.41) is 38.7. The number of amides is 1. The van der Waals surface area contributed by atoms with E-state index in [0.717, 1.165) is 0 Å². The van der Waals surface area contributed by atoms with Gasteiger partial charge in [0.1, 0.15) is 24.4 Å². The standard InChI is InChI=1S/C16H20N4O7/c1-6(22)18-11-13(24)12(23)9(5-21)26-16(11)27-15-7-3-2-4-8(17)10(7)14(25)19-20-15/h2-4,9,11-13,16,21,23-24H,5,17H2,1H3,(H,18,22)(H,19,25)/t9?,11-,12+,13+,16-/m0/s1. The van der Waals surface area contributed by atoms with Crippen LogP contribution < -0.4 is 21.3 Å². The highest BCUT2D eigenvalue weighted by atomic mass is 16.7. The number of anilines is 1. The summed E-state index contributed by atoms with van der Waals surface area (Å²) >= 11 is 0. The number of ether oxygens (including phenoxy) is 2. The first-order valence-electron chi connectivity index (χ1n) is 8.16. The number of hydrogen-bond acceptors (Lipinski definition) is 9. The van der Waals surface area contributed by atoms with Crippen LogP contribution in [0, 0.1) is 0 Å². The first-order chi connectivity index (χ1) is 12.8. The first-order valence-corrected chi connectivity index (χ1v) is 8.16. The van der Waals surface area contributed by atoms with Crippen molar-refractivity contribution in [2.45, 2.75) is 37.6 Å². The topological polar surface area (TPSA) is 180 Å². The molecular formula is C16H20N4O7. The lowest BCUT2D eigenvalue weighted by Gasteiger charge is -2.41. The summed E-state index contributed by atoms with van der Waals surface area (Å²) < 4.78 is 11.2. The van der Waals surface area contributed by atoms with Gasteiger partial charge in [-0.1, -0.05) is 6.07 Å². The van der Waals surface area contributed by atoms with Crippen molar-refractivity contribution in [1.82, 2.24) is 15.5 Å². The number of nitrogens with one attached hydrogen (secondary N) is 2. The number of hydrogen-bond donors (Lipinski definition) is 6. The van der Waals surface area contributed by atoms with Crippen LogP contribution in [-0.2, 0) is 9.53 Å². The molecule has 1 saturated heterocycles. The van der Waals surface area contributed by atoms with Gasteiger partial charge in [0, 0.05) is 12.6 Å². The smallest absolute Gasteiger partial charge is 0.274 e. The van der Waals surface area contributed by atoms with Crippen LogP contribution >= 0.6 is 0 Å². The van der Waals surface area contributed by atoms with Gasteiger partial charge in [0.05, 0.1) is 17.4 Å². The van der Waals surface area contributed by atoms with Gasteiger partial charge in [-0.05, 0) is 12.1 Å². The Hall–Kier alpha value is -2.73. The van der Waals surface area contributed by atoms with Crippen molar-refractivity contribution in [2.24, 2.45) is 0 Å². The van der Waals surface area contributed by atoms with E-state index >= 15 is 0 Å². The normalized spacial score (nSPS) is 28.1. The second-order valence-corrected chi connectivity index (χ2v) is 6.18. The summed E-state index contributed by atoms with van der Waals surface area (Å²) in [5.41, 5.74) is 5.54. The van der Waals surface area contributed by atoms with E-state index in [1.807, 2.05) is 0 Å². The number of aromatic amines is 1. The summed E-state index contributed by atoms with van der Waals surface area (Å²) in [6.45, 7) is 0.639. The lowest BCUT2D eigenvalue weighted by molar-refractivity contribution is -0.245.